The minimum Gasteiger partial charge on any atom is -0.344 e. The monoisotopic (exact) mass is 748 g/mol. The predicted molar refractivity (Wildman–Crippen MR) is 197 cm³/mol. The molecule has 50 heavy (non-hydrogen) atoms. The minimum absolute atomic E-state index is 0.00813. The van der Waals surface area contributed by atoms with Crippen molar-refractivity contribution in [3.63, 3.8) is 0 Å². The van der Waals surface area contributed by atoms with E-state index in [2.05, 4.69) is 6.58 Å². The standard InChI is InChI=1S/C36H48N2O9S3/c1-26-17-18-29(49(43,44)37(8)21-12-15-28(3)39)24-31(26)35(4,5)27(2)14-10-9-11-16-34-36(6,7)32-25-30(50(45,46)47)19-20-33(32)38(34)22-13-23-48(40,41)42/h9-11,14,16-20,24-25H,2,12-13,15,21-23H2,1,3-8H3,(H,40,41,42)(H,45,46,47)/b11-9+,14-10+,34-16+. The molecule has 0 spiro atoms. The third-order valence-electron chi connectivity index (χ3n) is 9.11. The average molecular weight is 749 g/mol. The molecule has 14 heteroatoms. The fourth-order valence-corrected chi connectivity index (χ4v) is 8.25. The predicted octanol–water partition coefficient (Wildman–Crippen LogP) is 6.14. The Morgan fingerprint density at radius 1 is 0.960 bits per heavy atom. The van der Waals surface area contributed by atoms with Gasteiger partial charge in [-0.3, -0.25) is 9.11 Å². The average Bonchev–Trinajstić information content (AvgIpc) is 3.20. The number of carbonyl (C=O) groups excluding carboxylic acids is 1. The summed E-state index contributed by atoms with van der Waals surface area (Å²) in [6, 6.07) is 9.30. The van der Waals surface area contributed by atoms with Gasteiger partial charge in [0.1, 0.15) is 5.78 Å². The number of Topliss-reactive ketones (excluding diaryl/α,β-unsaturated/α-hetero) is 1. The molecule has 0 radical (unpaired) electrons. The highest BCUT2D eigenvalue weighted by Gasteiger charge is 2.40. The van der Waals surface area contributed by atoms with Crippen molar-refractivity contribution in [2.24, 2.45) is 0 Å². The maximum Gasteiger partial charge on any atom is 0.294 e. The summed E-state index contributed by atoms with van der Waals surface area (Å²) in [5.74, 6) is -0.438. The van der Waals surface area contributed by atoms with Crippen molar-refractivity contribution in [2.45, 2.75) is 81.4 Å². The molecule has 0 saturated heterocycles. The number of hydrogen-bond acceptors (Lipinski definition) is 8. The summed E-state index contributed by atoms with van der Waals surface area (Å²) < 4.78 is 93.4. The molecule has 11 nitrogen and oxygen atoms in total. The first-order valence-corrected chi connectivity index (χ1v) is 20.6. The van der Waals surface area contributed by atoms with Crippen molar-refractivity contribution in [1.82, 2.24) is 4.31 Å². The Hall–Kier alpha value is -3.40. The summed E-state index contributed by atoms with van der Waals surface area (Å²) in [5.41, 5.74) is 3.09. The number of aryl methyl sites for hydroxylation is 1. The molecular weight excluding hydrogens is 701 g/mol. The maximum absolute atomic E-state index is 13.3. The maximum atomic E-state index is 13.3. The number of rotatable bonds is 16. The second-order valence-corrected chi connectivity index (χ2v) is 18.7. The van der Waals surface area contributed by atoms with Crippen molar-refractivity contribution in [1.29, 1.82) is 0 Å². The molecule has 0 bridgehead atoms. The van der Waals surface area contributed by atoms with Crippen LogP contribution in [0.3, 0.4) is 0 Å². The lowest BCUT2D eigenvalue weighted by Crippen LogP contribution is -2.29. The lowest BCUT2D eigenvalue weighted by Gasteiger charge is -2.29. The van der Waals surface area contributed by atoms with Gasteiger partial charge in [-0.05, 0) is 85.4 Å². The van der Waals surface area contributed by atoms with E-state index in [9.17, 15) is 39.2 Å². The summed E-state index contributed by atoms with van der Waals surface area (Å²) in [5, 5.41) is 0. The Morgan fingerprint density at radius 2 is 1.60 bits per heavy atom. The van der Waals surface area contributed by atoms with E-state index in [4.69, 9.17) is 0 Å². The molecular formula is C36H48N2O9S3. The van der Waals surface area contributed by atoms with Crippen LogP contribution in [0.25, 0.3) is 0 Å². The molecule has 2 aromatic carbocycles. The zero-order valence-electron chi connectivity index (χ0n) is 29.7. The molecule has 1 heterocycles. The number of anilines is 1. The fourth-order valence-electron chi connectivity index (χ4n) is 6.01. The molecule has 0 aliphatic carbocycles. The molecule has 2 N–H and O–H groups in total. The van der Waals surface area contributed by atoms with Crippen LogP contribution in [-0.4, -0.2) is 70.3 Å². The molecule has 0 atom stereocenters. The number of fused-ring (bicyclic) bond motifs is 1. The van der Waals surface area contributed by atoms with E-state index >= 15 is 0 Å². The molecule has 274 valence electrons. The fraction of sp³-hybridized carbons (Fsp3) is 0.417. The van der Waals surface area contributed by atoms with Crippen molar-refractivity contribution >= 4 is 41.7 Å². The van der Waals surface area contributed by atoms with Crippen molar-refractivity contribution in [2.75, 3.05) is 30.8 Å². The van der Waals surface area contributed by atoms with Crippen LogP contribution in [0, 0.1) is 6.92 Å². The first-order chi connectivity index (χ1) is 22.9. The van der Waals surface area contributed by atoms with E-state index in [0.717, 1.165) is 22.4 Å². The number of allylic oxidation sites excluding steroid dienone is 7. The molecule has 3 rings (SSSR count). The second kappa shape index (κ2) is 15.5. The highest BCUT2D eigenvalue weighted by molar-refractivity contribution is 7.89. The van der Waals surface area contributed by atoms with Crippen molar-refractivity contribution < 1.29 is 39.2 Å². The summed E-state index contributed by atoms with van der Waals surface area (Å²) in [6.07, 6.45) is 9.91. The van der Waals surface area contributed by atoms with Crippen LogP contribution >= 0.6 is 0 Å². The molecule has 0 amide bonds. The second-order valence-electron chi connectivity index (χ2n) is 13.6. The van der Waals surface area contributed by atoms with Crippen LogP contribution in [0.15, 0.2) is 94.4 Å². The van der Waals surface area contributed by atoms with Gasteiger partial charge in [-0.2, -0.15) is 16.8 Å². The molecule has 1 aliphatic rings. The van der Waals surface area contributed by atoms with Gasteiger partial charge in [0.15, 0.2) is 0 Å². The van der Waals surface area contributed by atoms with Gasteiger partial charge in [0.2, 0.25) is 10.0 Å². The van der Waals surface area contributed by atoms with E-state index in [-0.39, 0.29) is 35.1 Å². The smallest absolute Gasteiger partial charge is 0.294 e. The molecule has 0 fully saturated rings. The topological polar surface area (TPSA) is 166 Å². The molecule has 1 aliphatic heterocycles. The molecule has 0 unspecified atom stereocenters. The third kappa shape index (κ3) is 9.68. The largest absolute Gasteiger partial charge is 0.344 e. The Balaban J connectivity index is 1.88. The summed E-state index contributed by atoms with van der Waals surface area (Å²) in [4.78, 5) is 13.1. The Bertz CT molecular complexity index is 2060. The van der Waals surface area contributed by atoms with Crippen molar-refractivity contribution in [3.8, 4) is 0 Å². The first-order valence-electron chi connectivity index (χ1n) is 16.1. The number of hydrogen-bond donors (Lipinski definition) is 2. The van der Waals surface area contributed by atoms with Crippen LogP contribution in [0.2, 0.25) is 0 Å². The highest BCUT2D eigenvalue weighted by Crippen LogP contribution is 2.48. The quantitative estimate of drug-likeness (QED) is 0.151. The zero-order valence-corrected chi connectivity index (χ0v) is 32.1. The van der Waals surface area contributed by atoms with E-state index in [1.54, 1.807) is 42.5 Å². The van der Waals surface area contributed by atoms with Gasteiger partial charge in [-0.1, -0.05) is 64.6 Å². The number of benzene rings is 2. The van der Waals surface area contributed by atoms with Crippen molar-refractivity contribution in [3.05, 3.63) is 101 Å². The summed E-state index contributed by atoms with van der Waals surface area (Å²) in [7, 11) is -10.9. The van der Waals surface area contributed by atoms with Gasteiger partial charge in [0.05, 0.1) is 15.5 Å². The summed E-state index contributed by atoms with van der Waals surface area (Å²) >= 11 is 0. The van der Waals surface area contributed by atoms with E-state index in [1.165, 1.54) is 30.4 Å². The lowest BCUT2D eigenvalue weighted by molar-refractivity contribution is -0.117. The number of carbonyl (C=O) groups is 1. The first kappa shape index (κ1) is 41.0. The minimum atomic E-state index is -4.46. The van der Waals surface area contributed by atoms with Crippen LogP contribution in [-0.2, 0) is 45.9 Å². The molecule has 2 aromatic rings. The summed E-state index contributed by atoms with van der Waals surface area (Å²) in [6.45, 7) is 15.8. The van der Waals surface area contributed by atoms with Crippen LogP contribution in [0.4, 0.5) is 5.69 Å². The Labute approximate surface area is 297 Å². The van der Waals surface area contributed by atoms with Gasteiger partial charge >= 0.3 is 0 Å². The zero-order chi connectivity index (χ0) is 37.9. The van der Waals surface area contributed by atoms with Gasteiger partial charge in [0, 0.05) is 48.8 Å². The van der Waals surface area contributed by atoms with E-state index in [0.29, 0.717) is 24.1 Å². The molecule has 0 saturated carbocycles. The van der Waals surface area contributed by atoms with Gasteiger partial charge in [-0.15, -0.1) is 0 Å². The van der Waals surface area contributed by atoms with Gasteiger partial charge in [-0.25, -0.2) is 12.7 Å². The number of ketones is 1. The molecule has 0 aromatic heterocycles. The third-order valence-corrected chi connectivity index (χ3v) is 12.6. The normalized spacial score (nSPS) is 16.2. The van der Waals surface area contributed by atoms with Gasteiger partial charge < -0.3 is 9.69 Å². The van der Waals surface area contributed by atoms with Crippen LogP contribution in [0.5, 0.6) is 0 Å². The van der Waals surface area contributed by atoms with Crippen LogP contribution in [0.1, 0.15) is 70.6 Å². The van der Waals surface area contributed by atoms with E-state index in [1.807, 2.05) is 51.7 Å². The Kier molecular flexibility index (Phi) is 12.7. The van der Waals surface area contributed by atoms with E-state index < -0.39 is 46.8 Å². The Morgan fingerprint density at radius 3 is 2.20 bits per heavy atom. The van der Waals surface area contributed by atoms with Gasteiger partial charge in [0.25, 0.3) is 20.2 Å². The number of nitrogens with zero attached hydrogens (tertiary/aromatic N) is 2. The SMILES string of the molecule is C=C(/C=C/C=C/C=C1/N(CCCS(=O)(=O)O)c2ccc(S(=O)(=O)O)cc2C1(C)C)C(C)(C)c1cc(S(=O)(=O)N(C)CCCC(C)=O)ccc1C. The lowest BCUT2D eigenvalue weighted by atomic mass is 9.76. The highest BCUT2D eigenvalue weighted by atomic mass is 32.2. The number of sulfonamides is 1. The van der Waals surface area contributed by atoms with Crippen LogP contribution < -0.4 is 4.90 Å².